The Balaban J connectivity index is 1.23. The molecule has 21 heteroatoms. The lowest BCUT2D eigenvalue weighted by Crippen LogP contribution is -2.42. The van der Waals surface area contributed by atoms with Crippen LogP contribution in [0, 0.1) is 13.8 Å². The maximum Gasteiger partial charge on any atom is 0.342 e. The number of amides is 2. The lowest BCUT2D eigenvalue weighted by molar-refractivity contribution is 0.250. The minimum Gasteiger partial charge on any atom is -0.508 e. The summed E-state index contributed by atoms with van der Waals surface area (Å²) in [5.41, 5.74) is 1.91. The van der Waals surface area contributed by atoms with Crippen LogP contribution in [0.3, 0.4) is 0 Å². The number of anilines is 4. The first-order valence-electron chi connectivity index (χ1n) is 15.8. The number of aryl methyl sites for hydroxylation is 2. The third kappa shape index (κ3) is 8.17. The van der Waals surface area contributed by atoms with Crippen LogP contribution in [-0.2, 0) is 40.3 Å². The number of hydrogen-bond donors (Lipinski definition) is 8. The summed E-state index contributed by atoms with van der Waals surface area (Å²) in [7, 11) is -18.8. The molecular formula is C35H30N4O13S4. The summed E-state index contributed by atoms with van der Waals surface area (Å²) in [4.78, 5) is 11.0. The molecule has 6 rings (SSSR count). The Kier molecular flexibility index (Phi) is 10.1. The second-order valence-electron chi connectivity index (χ2n) is 12.4. The first-order chi connectivity index (χ1) is 26.0. The number of sulfonamides is 2. The smallest absolute Gasteiger partial charge is 0.342 e. The van der Waals surface area contributed by atoms with Crippen molar-refractivity contribution < 1.29 is 57.8 Å². The quantitative estimate of drug-likeness (QED) is 0.0804. The van der Waals surface area contributed by atoms with Crippen LogP contribution in [0.4, 0.5) is 27.5 Å². The van der Waals surface area contributed by atoms with E-state index < -0.39 is 65.9 Å². The molecule has 0 heterocycles. The topological polar surface area (TPSA) is 283 Å². The molecule has 6 aromatic rings. The molecule has 0 atom stereocenters. The first-order valence-corrected chi connectivity index (χ1v) is 21.7. The van der Waals surface area contributed by atoms with Crippen molar-refractivity contribution in [3.63, 3.8) is 0 Å². The number of urea groups is 1. The number of aromatic hydroxyl groups is 2. The van der Waals surface area contributed by atoms with Crippen molar-refractivity contribution in [1.82, 2.24) is 9.44 Å². The zero-order valence-corrected chi connectivity index (χ0v) is 32.1. The molecule has 0 aliphatic carbocycles. The van der Waals surface area contributed by atoms with Crippen LogP contribution in [-0.4, -0.2) is 59.0 Å². The Bertz CT molecular complexity index is 2880. The van der Waals surface area contributed by atoms with Crippen LogP contribution in [0.1, 0.15) is 11.1 Å². The van der Waals surface area contributed by atoms with Crippen LogP contribution in [0.25, 0.3) is 21.5 Å². The molecule has 0 saturated carbocycles. The van der Waals surface area contributed by atoms with Gasteiger partial charge in [0.1, 0.15) is 21.3 Å². The van der Waals surface area contributed by atoms with Crippen LogP contribution >= 0.6 is 0 Å². The second-order valence-corrected chi connectivity index (χ2v) is 18.5. The maximum atomic E-state index is 13.3. The van der Waals surface area contributed by atoms with Gasteiger partial charge in [-0.3, -0.25) is 9.11 Å². The maximum absolute atomic E-state index is 13.3. The molecule has 6 aromatic carbocycles. The molecule has 0 saturated heterocycles. The molecule has 0 aliphatic heterocycles. The summed E-state index contributed by atoms with van der Waals surface area (Å²) in [6.07, 6.45) is 0. The van der Waals surface area contributed by atoms with Crippen molar-refractivity contribution in [2.75, 3.05) is 10.6 Å². The minimum absolute atomic E-state index is 0.0288. The molecule has 0 radical (unpaired) electrons. The Labute approximate surface area is 320 Å². The van der Waals surface area contributed by atoms with Gasteiger partial charge in [-0.2, -0.15) is 16.8 Å². The Morgan fingerprint density at radius 1 is 0.464 bits per heavy atom. The van der Waals surface area contributed by atoms with Gasteiger partial charge in [-0.25, -0.2) is 31.1 Å². The van der Waals surface area contributed by atoms with E-state index in [1.165, 1.54) is 48.5 Å². The highest BCUT2D eigenvalue weighted by Crippen LogP contribution is 2.36. The average molecular weight is 843 g/mol. The summed E-state index contributed by atoms with van der Waals surface area (Å²) in [6.45, 7) is 3.25. The highest BCUT2D eigenvalue weighted by molar-refractivity contribution is 7.91. The number of carbonyl (C=O) groups is 1. The number of benzene rings is 6. The van der Waals surface area contributed by atoms with Crippen molar-refractivity contribution in [3.05, 3.63) is 108 Å². The van der Waals surface area contributed by atoms with Crippen LogP contribution in [0.15, 0.2) is 117 Å². The summed E-state index contributed by atoms with van der Waals surface area (Å²) in [5.74, 6) is -0.561. The van der Waals surface area contributed by atoms with Crippen molar-refractivity contribution in [1.29, 1.82) is 0 Å². The minimum atomic E-state index is -4.72. The van der Waals surface area contributed by atoms with Crippen LogP contribution < -0.4 is 20.1 Å². The third-order valence-electron chi connectivity index (χ3n) is 8.51. The fourth-order valence-corrected chi connectivity index (χ4v) is 9.07. The van der Waals surface area contributed by atoms with E-state index in [-0.39, 0.29) is 55.8 Å². The SMILES string of the molecule is Cc1ccc(S(=O)(=O)NC(=O)NS(=O)(=O)c2ccc(C)c(Nc3ccc(S(=O)(=O)O)c4cc(O)ccc34)c2)cc1Nc1ccc(S(=O)(=O)O)c2cc(O)ccc12. The Hall–Kier alpha value is -5.97. The fraction of sp³-hybridized carbons (Fsp3) is 0.0571. The van der Waals surface area contributed by atoms with Crippen molar-refractivity contribution in [2.24, 2.45) is 0 Å². The monoisotopic (exact) mass is 842 g/mol. The third-order valence-corrected chi connectivity index (χ3v) is 13.0. The number of rotatable bonds is 10. The molecule has 0 unspecified atom stereocenters. The molecule has 2 amide bonds. The number of phenolic OH excluding ortho intramolecular Hbond substituents is 2. The largest absolute Gasteiger partial charge is 0.508 e. The van der Waals surface area contributed by atoms with Gasteiger partial charge in [0.25, 0.3) is 40.3 Å². The van der Waals surface area contributed by atoms with E-state index in [1.807, 2.05) is 0 Å². The summed E-state index contributed by atoms with van der Waals surface area (Å²) in [6, 6.07) is 18.2. The summed E-state index contributed by atoms with van der Waals surface area (Å²) >= 11 is 0. The number of hydrogen-bond acceptors (Lipinski definition) is 13. The van der Waals surface area contributed by atoms with Crippen molar-refractivity contribution >= 4 is 90.6 Å². The summed E-state index contributed by atoms with van der Waals surface area (Å²) < 4.78 is 124. The second kappa shape index (κ2) is 14.3. The molecular weight excluding hydrogens is 813 g/mol. The highest BCUT2D eigenvalue weighted by Gasteiger charge is 2.25. The number of nitrogens with one attached hydrogen (secondary N) is 4. The van der Waals surface area contributed by atoms with Gasteiger partial charge in [0.15, 0.2) is 0 Å². The molecule has 0 aromatic heterocycles. The van der Waals surface area contributed by atoms with Crippen LogP contribution in [0.2, 0.25) is 0 Å². The zero-order valence-electron chi connectivity index (χ0n) is 28.8. The van der Waals surface area contributed by atoms with Gasteiger partial charge in [-0.15, -0.1) is 0 Å². The molecule has 0 spiro atoms. The Morgan fingerprint density at radius 3 is 1.20 bits per heavy atom. The van der Waals surface area contributed by atoms with E-state index in [2.05, 4.69) is 10.6 Å². The molecule has 56 heavy (non-hydrogen) atoms. The van der Waals surface area contributed by atoms with Gasteiger partial charge >= 0.3 is 6.03 Å². The van der Waals surface area contributed by atoms with Crippen molar-refractivity contribution in [3.8, 4) is 11.5 Å². The van der Waals surface area contributed by atoms with Crippen LogP contribution in [0.5, 0.6) is 11.5 Å². The standard InChI is InChI=1S/C35H30N4O13S4/c1-19-3-7-23(17-31(19)36-29-11-13-33(55(47,48)49)27-15-21(40)5-9-25(27)29)53(43,44)38-35(42)39-54(45,46)24-8-4-20(2)32(18-24)37-30-12-14-34(56(50,51)52)28-16-22(41)6-10-26(28)30/h3-18,36-37,40-41H,1-2H3,(H2,38,39,42)(H,47,48,49)(H,50,51,52). The first kappa shape index (κ1) is 39.7. The van der Waals surface area contributed by atoms with Crippen molar-refractivity contribution in [2.45, 2.75) is 33.4 Å². The van der Waals surface area contributed by atoms with Gasteiger partial charge in [-0.05, 0) is 110 Å². The number of fused-ring (bicyclic) bond motifs is 2. The molecule has 0 bridgehead atoms. The van der Waals surface area contributed by atoms with E-state index in [0.717, 1.165) is 48.5 Å². The van der Waals surface area contributed by atoms with Gasteiger partial charge in [-0.1, -0.05) is 12.1 Å². The molecule has 0 fully saturated rings. The Morgan fingerprint density at radius 2 is 0.839 bits per heavy atom. The molecule has 17 nitrogen and oxygen atoms in total. The highest BCUT2D eigenvalue weighted by atomic mass is 32.2. The van der Waals surface area contributed by atoms with E-state index >= 15 is 0 Å². The van der Waals surface area contributed by atoms with E-state index in [1.54, 1.807) is 23.3 Å². The summed E-state index contributed by atoms with van der Waals surface area (Å²) in [5, 5.41) is 26.3. The fourth-order valence-electron chi connectivity index (χ4n) is 5.77. The van der Waals surface area contributed by atoms with Gasteiger partial charge in [0, 0.05) is 44.3 Å². The van der Waals surface area contributed by atoms with E-state index in [0.29, 0.717) is 11.1 Å². The normalized spacial score (nSPS) is 12.4. The molecule has 292 valence electrons. The zero-order chi connectivity index (χ0) is 41.0. The lowest BCUT2D eigenvalue weighted by Gasteiger charge is -2.16. The van der Waals surface area contributed by atoms with Gasteiger partial charge in [0.2, 0.25) is 0 Å². The van der Waals surface area contributed by atoms with Gasteiger partial charge < -0.3 is 20.8 Å². The van der Waals surface area contributed by atoms with Gasteiger partial charge in [0.05, 0.1) is 9.79 Å². The average Bonchev–Trinajstić information content (AvgIpc) is 3.08. The lowest BCUT2D eigenvalue weighted by atomic mass is 10.1. The number of carbonyl (C=O) groups excluding carboxylic acids is 1. The molecule has 8 N–H and O–H groups in total. The molecule has 0 aliphatic rings. The predicted octanol–water partition coefficient (Wildman–Crippen LogP) is 5.38. The van der Waals surface area contributed by atoms with E-state index in [9.17, 15) is 57.8 Å². The predicted molar refractivity (Wildman–Crippen MR) is 206 cm³/mol. The van der Waals surface area contributed by atoms with E-state index in [4.69, 9.17) is 0 Å². The number of phenols is 2.